The third kappa shape index (κ3) is 6.06. The molecule has 3 atom stereocenters. The van der Waals surface area contributed by atoms with E-state index in [9.17, 15) is 9.90 Å². The molecule has 178 valence electrons. The lowest BCUT2D eigenvalue weighted by Gasteiger charge is -2.37. The lowest BCUT2D eigenvalue weighted by atomic mass is 10.0. The summed E-state index contributed by atoms with van der Waals surface area (Å²) < 4.78 is 12.2. The Morgan fingerprint density at radius 3 is 2.45 bits per heavy atom. The number of rotatable bonds is 6. The van der Waals surface area contributed by atoms with Crippen LogP contribution in [0.25, 0.3) is 0 Å². The van der Waals surface area contributed by atoms with Gasteiger partial charge in [-0.05, 0) is 56.0 Å². The molecule has 0 bridgehead atoms. The van der Waals surface area contributed by atoms with Gasteiger partial charge in [-0.25, -0.2) is 0 Å². The molecule has 1 aliphatic heterocycles. The minimum Gasteiger partial charge on any atom is -0.490 e. The van der Waals surface area contributed by atoms with Gasteiger partial charge >= 0.3 is 0 Å². The average molecular weight is 514 g/mol. The number of nitrogens with one attached hydrogen (secondary N) is 1. The molecule has 1 saturated carbocycles. The van der Waals surface area contributed by atoms with E-state index in [1.807, 2.05) is 6.07 Å². The van der Waals surface area contributed by atoms with Crippen molar-refractivity contribution in [2.75, 3.05) is 18.4 Å². The molecule has 2 aliphatic rings. The van der Waals surface area contributed by atoms with Crippen LogP contribution in [0.1, 0.15) is 32.6 Å². The quantitative estimate of drug-likeness (QED) is 0.540. The predicted octanol–water partition coefficient (Wildman–Crippen LogP) is 5.42. The Morgan fingerprint density at radius 1 is 1.00 bits per heavy atom. The summed E-state index contributed by atoms with van der Waals surface area (Å²) in [5.41, 5.74) is 0.505. The van der Waals surface area contributed by atoms with Crippen LogP contribution in [-0.2, 0) is 4.79 Å². The molecule has 1 amide bonds. The van der Waals surface area contributed by atoms with Crippen LogP contribution in [0.15, 0.2) is 36.4 Å². The average Bonchev–Trinajstić information content (AvgIpc) is 3.13. The summed E-state index contributed by atoms with van der Waals surface area (Å²) in [6.45, 7) is 3.09. The van der Waals surface area contributed by atoms with Crippen LogP contribution in [0, 0.1) is 0 Å². The van der Waals surface area contributed by atoms with E-state index in [1.54, 1.807) is 30.3 Å². The van der Waals surface area contributed by atoms with E-state index < -0.39 is 6.10 Å². The number of ether oxygens (including phenoxy) is 2. The Balaban J connectivity index is 1.32. The monoisotopic (exact) mass is 512 g/mol. The highest BCUT2D eigenvalue weighted by molar-refractivity contribution is 6.42. The summed E-state index contributed by atoms with van der Waals surface area (Å²) in [6.07, 6.45) is 2.41. The summed E-state index contributed by atoms with van der Waals surface area (Å²) in [5.74, 6) is 1.01. The molecular formula is C24H27Cl3N2O4. The van der Waals surface area contributed by atoms with Crippen molar-refractivity contribution in [3.05, 3.63) is 51.5 Å². The minimum absolute atomic E-state index is 0.0254. The molecule has 0 unspecified atom stereocenters. The molecule has 2 aromatic rings. The summed E-state index contributed by atoms with van der Waals surface area (Å²) >= 11 is 18.1. The van der Waals surface area contributed by atoms with Crippen LogP contribution < -0.4 is 14.8 Å². The number of aliphatic hydroxyl groups excluding tert-OH is 1. The van der Waals surface area contributed by atoms with E-state index in [0.29, 0.717) is 26.5 Å². The molecule has 2 fully saturated rings. The number of carbonyl (C=O) groups is 1. The largest absolute Gasteiger partial charge is 0.490 e. The number of piperidine rings is 1. The highest BCUT2D eigenvalue weighted by Gasteiger charge is 2.41. The van der Waals surface area contributed by atoms with Crippen molar-refractivity contribution in [3.8, 4) is 11.5 Å². The minimum atomic E-state index is -0.626. The van der Waals surface area contributed by atoms with E-state index in [4.69, 9.17) is 44.3 Å². The van der Waals surface area contributed by atoms with Gasteiger partial charge in [0.15, 0.2) is 0 Å². The molecule has 1 aliphatic carbocycles. The second-order valence-corrected chi connectivity index (χ2v) is 9.79. The van der Waals surface area contributed by atoms with Crippen molar-refractivity contribution >= 4 is 46.4 Å². The third-order valence-electron chi connectivity index (χ3n) is 6.19. The Bertz CT molecular complexity index is 998. The molecule has 2 aromatic carbocycles. The van der Waals surface area contributed by atoms with Gasteiger partial charge in [0.05, 0.1) is 15.7 Å². The normalized spacial score (nSPS) is 24.0. The number of hydrogen-bond acceptors (Lipinski definition) is 5. The number of halogens is 3. The molecule has 9 heteroatoms. The standard InChI is InChI=1S/C24H27Cl3N2O4/c1-14(30)28-20-12-15(25)2-6-22(20)33-23-7-5-21(24(23)31)29-10-8-16(9-11-29)32-17-3-4-18(26)19(27)13-17/h2-4,6,12-13,16,21,23-24,31H,5,7-11H2,1H3,(H,28,30)/t21-,23-,24+/m0/s1. The van der Waals surface area contributed by atoms with Gasteiger partial charge in [-0.2, -0.15) is 0 Å². The van der Waals surface area contributed by atoms with Crippen molar-refractivity contribution in [2.24, 2.45) is 0 Å². The summed E-state index contributed by atoms with van der Waals surface area (Å²) in [6, 6.07) is 10.4. The molecular weight excluding hydrogens is 487 g/mol. The van der Waals surface area contributed by atoms with Gasteiger partial charge in [-0.15, -0.1) is 0 Å². The smallest absolute Gasteiger partial charge is 0.221 e. The zero-order chi connectivity index (χ0) is 23.5. The number of benzene rings is 2. The molecule has 1 saturated heterocycles. The second kappa shape index (κ2) is 10.7. The van der Waals surface area contributed by atoms with Crippen LogP contribution in [0.2, 0.25) is 15.1 Å². The first-order valence-electron chi connectivity index (χ1n) is 11.1. The summed E-state index contributed by atoms with van der Waals surface area (Å²) in [4.78, 5) is 13.8. The first kappa shape index (κ1) is 24.4. The predicted molar refractivity (Wildman–Crippen MR) is 131 cm³/mol. The van der Waals surface area contributed by atoms with Gasteiger partial charge in [0.25, 0.3) is 0 Å². The third-order valence-corrected chi connectivity index (χ3v) is 7.17. The van der Waals surface area contributed by atoms with Gasteiger partial charge in [0, 0.05) is 37.1 Å². The number of amides is 1. The van der Waals surface area contributed by atoms with Crippen LogP contribution in [0.3, 0.4) is 0 Å². The van der Waals surface area contributed by atoms with Gasteiger partial charge in [0.1, 0.15) is 29.8 Å². The van der Waals surface area contributed by atoms with Crippen LogP contribution >= 0.6 is 34.8 Å². The Labute approximate surface area is 208 Å². The zero-order valence-electron chi connectivity index (χ0n) is 18.3. The van der Waals surface area contributed by atoms with E-state index in [1.165, 1.54) is 6.92 Å². The van der Waals surface area contributed by atoms with E-state index in [2.05, 4.69) is 10.2 Å². The number of hydrogen-bond donors (Lipinski definition) is 2. The maximum Gasteiger partial charge on any atom is 0.221 e. The molecule has 0 radical (unpaired) electrons. The van der Waals surface area contributed by atoms with Crippen molar-refractivity contribution in [2.45, 2.75) is 57.0 Å². The Hall–Kier alpha value is -1.70. The highest BCUT2D eigenvalue weighted by Crippen LogP contribution is 2.35. The van der Waals surface area contributed by atoms with Crippen molar-refractivity contribution < 1.29 is 19.4 Å². The molecule has 1 heterocycles. The van der Waals surface area contributed by atoms with Gasteiger partial charge in [-0.1, -0.05) is 34.8 Å². The molecule has 2 N–H and O–H groups in total. The number of nitrogens with zero attached hydrogens (tertiary/aromatic N) is 1. The Morgan fingerprint density at radius 2 is 1.76 bits per heavy atom. The maximum absolute atomic E-state index is 11.5. The van der Waals surface area contributed by atoms with E-state index >= 15 is 0 Å². The fraction of sp³-hybridized carbons (Fsp3) is 0.458. The molecule has 0 spiro atoms. The number of anilines is 1. The topological polar surface area (TPSA) is 71.0 Å². The summed E-state index contributed by atoms with van der Waals surface area (Å²) in [7, 11) is 0. The van der Waals surface area contributed by atoms with Crippen molar-refractivity contribution in [1.29, 1.82) is 0 Å². The lowest BCUT2D eigenvalue weighted by Crippen LogP contribution is -2.49. The molecule has 0 aromatic heterocycles. The van der Waals surface area contributed by atoms with Gasteiger partial charge < -0.3 is 19.9 Å². The number of aliphatic hydroxyl groups is 1. The van der Waals surface area contributed by atoms with Crippen LogP contribution in [0.4, 0.5) is 5.69 Å². The second-order valence-electron chi connectivity index (χ2n) is 8.54. The fourth-order valence-electron chi connectivity index (χ4n) is 4.57. The van der Waals surface area contributed by atoms with Crippen LogP contribution in [-0.4, -0.2) is 53.4 Å². The lowest BCUT2D eigenvalue weighted by molar-refractivity contribution is -0.114. The first-order chi connectivity index (χ1) is 15.8. The zero-order valence-corrected chi connectivity index (χ0v) is 20.5. The van der Waals surface area contributed by atoms with E-state index in [0.717, 1.165) is 44.5 Å². The molecule has 33 heavy (non-hydrogen) atoms. The SMILES string of the molecule is CC(=O)Nc1cc(Cl)ccc1O[C@H]1CC[C@H](N2CCC(Oc3ccc(Cl)c(Cl)c3)CC2)[C@H]1O. The molecule has 4 rings (SSSR count). The molecule has 6 nitrogen and oxygen atoms in total. The van der Waals surface area contributed by atoms with Crippen LogP contribution in [0.5, 0.6) is 11.5 Å². The number of carbonyl (C=O) groups excluding carboxylic acids is 1. The fourth-order valence-corrected chi connectivity index (χ4v) is 5.03. The van der Waals surface area contributed by atoms with Gasteiger partial charge in [-0.3, -0.25) is 9.69 Å². The number of likely N-dealkylation sites (tertiary alicyclic amines) is 1. The Kier molecular flexibility index (Phi) is 7.92. The first-order valence-corrected chi connectivity index (χ1v) is 12.2. The van der Waals surface area contributed by atoms with E-state index in [-0.39, 0.29) is 24.2 Å². The highest BCUT2D eigenvalue weighted by atomic mass is 35.5. The maximum atomic E-state index is 11.5. The summed E-state index contributed by atoms with van der Waals surface area (Å²) in [5, 5.41) is 15.2. The van der Waals surface area contributed by atoms with Gasteiger partial charge in [0.2, 0.25) is 5.91 Å². The van der Waals surface area contributed by atoms with Crippen molar-refractivity contribution in [1.82, 2.24) is 4.90 Å². The van der Waals surface area contributed by atoms with Crippen molar-refractivity contribution in [3.63, 3.8) is 0 Å².